The van der Waals surface area contributed by atoms with Crippen molar-refractivity contribution >= 4 is 10.2 Å². The highest BCUT2D eigenvalue weighted by molar-refractivity contribution is 8.45. The summed E-state index contributed by atoms with van der Waals surface area (Å²) in [5.74, 6) is -6.90. The SMILES string of the molecule is CC1COC(C2CCC(C3CCC(C(F)(F)Oc4ccc(-c5cc(F)c(S(F)(F)(F)(F)F)c(F)c5)c(F)c4)CC3)CC2)OC1. The van der Waals surface area contributed by atoms with Gasteiger partial charge in [0.25, 0.3) is 0 Å². The Morgan fingerprint density at radius 2 is 1.20 bits per heavy atom. The van der Waals surface area contributed by atoms with Crippen LogP contribution in [-0.2, 0) is 9.47 Å². The molecule has 0 radical (unpaired) electrons. The van der Waals surface area contributed by atoms with Crippen LogP contribution in [0.15, 0.2) is 35.2 Å². The van der Waals surface area contributed by atoms with Crippen molar-refractivity contribution in [3.63, 3.8) is 0 Å². The predicted octanol–water partition coefficient (Wildman–Crippen LogP) is 11.0. The van der Waals surface area contributed by atoms with E-state index in [0.717, 1.165) is 37.8 Å². The van der Waals surface area contributed by atoms with Gasteiger partial charge in [-0.25, -0.2) is 13.2 Å². The van der Waals surface area contributed by atoms with Crippen molar-refractivity contribution in [2.45, 2.75) is 75.6 Å². The molecule has 0 spiro atoms. The van der Waals surface area contributed by atoms with Gasteiger partial charge >= 0.3 is 16.3 Å². The predicted molar refractivity (Wildman–Crippen MR) is 144 cm³/mol. The molecule has 1 aliphatic heterocycles. The summed E-state index contributed by atoms with van der Waals surface area (Å²) in [6.45, 7) is 3.44. The van der Waals surface area contributed by atoms with E-state index in [2.05, 4.69) is 6.92 Å². The van der Waals surface area contributed by atoms with Crippen LogP contribution in [0.3, 0.4) is 0 Å². The molecule has 44 heavy (non-hydrogen) atoms. The second-order valence-corrected chi connectivity index (χ2v) is 14.8. The third kappa shape index (κ3) is 7.43. The minimum atomic E-state index is -10.7. The van der Waals surface area contributed by atoms with E-state index in [4.69, 9.17) is 14.2 Å². The number of hydrogen-bond acceptors (Lipinski definition) is 3. The fourth-order valence-corrected chi connectivity index (χ4v) is 7.67. The van der Waals surface area contributed by atoms with Crippen LogP contribution in [0, 0.1) is 47.0 Å². The van der Waals surface area contributed by atoms with Crippen molar-refractivity contribution in [2.75, 3.05) is 13.2 Å². The highest BCUT2D eigenvalue weighted by Crippen LogP contribution is 3.02. The maximum atomic E-state index is 15.1. The van der Waals surface area contributed by atoms with Crippen molar-refractivity contribution in [3.05, 3.63) is 47.8 Å². The van der Waals surface area contributed by atoms with Crippen LogP contribution in [0.4, 0.5) is 41.4 Å². The Balaban J connectivity index is 1.17. The minimum absolute atomic E-state index is 0.0905. The third-order valence-corrected chi connectivity index (χ3v) is 10.3. The summed E-state index contributed by atoms with van der Waals surface area (Å²) in [5, 5.41) is 0. The molecule has 0 amide bonds. The van der Waals surface area contributed by atoms with Crippen molar-refractivity contribution in [3.8, 4) is 16.9 Å². The molecular formula is C30H34F10O3S. The Kier molecular flexibility index (Phi) is 8.49. The molecular weight excluding hydrogens is 630 g/mol. The van der Waals surface area contributed by atoms with Crippen LogP contribution in [0.2, 0.25) is 0 Å². The van der Waals surface area contributed by atoms with Crippen molar-refractivity contribution in [2.24, 2.45) is 29.6 Å². The molecule has 3 nitrogen and oxygen atoms in total. The Hall–Kier alpha value is -2.19. The first-order valence-corrected chi connectivity index (χ1v) is 16.6. The molecule has 2 saturated carbocycles. The van der Waals surface area contributed by atoms with Gasteiger partial charge in [-0.2, -0.15) is 8.78 Å². The van der Waals surface area contributed by atoms with Gasteiger partial charge in [0.1, 0.15) is 23.2 Å². The van der Waals surface area contributed by atoms with E-state index in [1.165, 1.54) is 0 Å². The maximum absolute atomic E-state index is 15.1. The first-order chi connectivity index (χ1) is 20.3. The number of halogens is 10. The van der Waals surface area contributed by atoms with Gasteiger partial charge in [0.15, 0.2) is 11.2 Å². The topological polar surface area (TPSA) is 27.7 Å². The molecule has 2 aromatic carbocycles. The zero-order chi connectivity index (χ0) is 32.1. The van der Waals surface area contributed by atoms with Crippen molar-refractivity contribution < 1.29 is 55.6 Å². The fraction of sp³-hybridized carbons (Fsp3) is 0.600. The highest BCUT2D eigenvalue weighted by atomic mass is 32.5. The summed E-state index contributed by atoms with van der Waals surface area (Å²) in [4.78, 5) is -3.34. The smallest absolute Gasteiger partial charge is 0.400 e. The van der Waals surface area contributed by atoms with Crippen LogP contribution in [-0.4, -0.2) is 25.6 Å². The summed E-state index contributed by atoms with van der Waals surface area (Å²) in [6.07, 6.45) is 1.62. The number of rotatable bonds is 7. The second-order valence-electron chi connectivity index (χ2n) is 12.5. The van der Waals surface area contributed by atoms with E-state index in [1.807, 2.05) is 0 Å². The van der Waals surface area contributed by atoms with Crippen LogP contribution in [0.25, 0.3) is 11.1 Å². The molecule has 0 atom stereocenters. The molecule has 0 unspecified atom stereocenters. The van der Waals surface area contributed by atoms with E-state index in [0.29, 0.717) is 55.8 Å². The van der Waals surface area contributed by atoms with Gasteiger partial charge in [0, 0.05) is 23.5 Å². The van der Waals surface area contributed by atoms with Gasteiger partial charge in [0.2, 0.25) is 0 Å². The molecule has 1 saturated heterocycles. The van der Waals surface area contributed by atoms with Crippen LogP contribution >= 0.6 is 10.2 Å². The zero-order valence-electron chi connectivity index (χ0n) is 23.8. The summed E-state index contributed by atoms with van der Waals surface area (Å²) in [7, 11) is -10.7. The Labute approximate surface area is 249 Å². The molecule has 2 aromatic rings. The van der Waals surface area contributed by atoms with E-state index >= 15 is 8.78 Å². The molecule has 3 aliphatic rings. The quantitative estimate of drug-likeness (QED) is 0.276. The van der Waals surface area contributed by atoms with Gasteiger partial charge in [0.05, 0.1) is 19.1 Å². The van der Waals surface area contributed by atoms with E-state index in [9.17, 15) is 32.6 Å². The molecule has 0 N–H and O–H groups in total. The third-order valence-electron chi connectivity index (χ3n) is 9.09. The van der Waals surface area contributed by atoms with Gasteiger partial charge in [-0.05, 0) is 93.0 Å². The molecule has 5 rings (SSSR count). The molecule has 2 aliphatic carbocycles. The lowest BCUT2D eigenvalue weighted by atomic mass is 9.69. The average molecular weight is 665 g/mol. The van der Waals surface area contributed by atoms with Crippen LogP contribution in [0.5, 0.6) is 5.75 Å². The minimum Gasteiger partial charge on any atom is -0.432 e. The molecule has 14 heteroatoms. The largest absolute Gasteiger partial charge is 0.432 e. The summed E-state index contributed by atoms with van der Waals surface area (Å²) in [5.41, 5.74) is -1.53. The second kappa shape index (κ2) is 11.3. The maximum Gasteiger partial charge on any atom is 0.400 e. The van der Waals surface area contributed by atoms with Crippen molar-refractivity contribution in [1.29, 1.82) is 0 Å². The lowest BCUT2D eigenvalue weighted by molar-refractivity contribution is -0.229. The van der Waals surface area contributed by atoms with Gasteiger partial charge in [-0.15, -0.1) is 0 Å². The number of alkyl halides is 2. The van der Waals surface area contributed by atoms with E-state index < -0.39 is 61.5 Å². The Morgan fingerprint density at radius 3 is 1.70 bits per heavy atom. The summed E-state index contributed by atoms with van der Waals surface area (Å²) >= 11 is 0. The molecule has 0 bridgehead atoms. The Bertz CT molecular complexity index is 1320. The monoisotopic (exact) mass is 664 g/mol. The number of hydrogen-bond donors (Lipinski definition) is 0. The van der Waals surface area contributed by atoms with Gasteiger partial charge in [-0.1, -0.05) is 26.4 Å². The van der Waals surface area contributed by atoms with Gasteiger partial charge < -0.3 is 14.2 Å². The molecule has 1 heterocycles. The zero-order valence-corrected chi connectivity index (χ0v) is 24.7. The van der Waals surface area contributed by atoms with E-state index in [-0.39, 0.29) is 31.3 Å². The van der Waals surface area contributed by atoms with Crippen molar-refractivity contribution in [1.82, 2.24) is 0 Å². The van der Waals surface area contributed by atoms with Crippen LogP contribution < -0.4 is 4.74 Å². The number of ether oxygens (including phenoxy) is 3. The highest BCUT2D eigenvalue weighted by Gasteiger charge is 2.69. The molecule has 248 valence electrons. The Morgan fingerprint density at radius 1 is 0.705 bits per heavy atom. The normalized spacial score (nSPS) is 30.3. The van der Waals surface area contributed by atoms with Crippen LogP contribution in [0.1, 0.15) is 58.3 Å². The standard InChI is InChI=1S/C30H34F10O3S/c1-17-15-41-29(42-16-17)20-4-2-18(3-5-20)19-6-8-22(9-7-19)30(34,35)43-23-10-11-24(25(31)14-23)21-12-26(32)28(27(33)13-21)44(36,37,38,39)40/h10-14,17-20,22,29H,2-9,15-16H2,1H3. The fourth-order valence-electron chi connectivity index (χ4n) is 6.82. The lowest BCUT2D eigenvalue weighted by Gasteiger charge is -2.41. The summed E-state index contributed by atoms with van der Waals surface area (Å²) in [6, 6.07) is 1.96. The number of benzene rings is 2. The molecule has 3 fully saturated rings. The molecule has 0 aromatic heterocycles. The lowest BCUT2D eigenvalue weighted by Crippen LogP contribution is -2.40. The average Bonchev–Trinajstić information content (AvgIpc) is 2.91. The summed E-state index contributed by atoms with van der Waals surface area (Å²) < 4.78 is 154. The van der Waals surface area contributed by atoms with Gasteiger partial charge in [-0.3, -0.25) is 0 Å². The first-order valence-electron chi connectivity index (χ1n) is 14.6. The first kappa shape index (κ1) is 33.2. The van der Waals surface area contributed by atoms with E-state index in [1.54, 1.807) is 0 Å².